The molecule has 16 heavy (non-hydrogen) atoms. The number of ether oxygens (including phenoxy) is 1. The van der Waals surface area contributed by atoms with E-state index >= 15 is 0 Å². The second-order valence-corrected chi connectivity index (χ2v) is 4.46. The SMILES string of the molecule is CNC(Cc1cccc(C)c1)CC(C)OC. The summed E-state index contributed by atoms with van der Waals surface area (Å²) in [7, 11) is 3.78. The van der Waals surface area contributed by atoms with Gasteiger partial charge in [-0.1, -0.05) is 29.8 Å². The first-order chi connectivity index (χ1) is 7.65. The standard InChI is InChI=1S/C14H23NO/c1-11-6-5-7-13(8-11)10-14(15-3)9-12(2)16-4/h5-8,12,14-15H,9-10H2,1-4H3. The van der Waals surface area contributed by atoms with Crippen molar-refractivity contribution in [1.29, 1.82) is 0 Å². The molecule has 2 nitrogen and oxygen atoms in total. The summed E-state index contributed by atoms with van der Waals surface area (Å²) in [5, 5.41) is 3.36. The summed E-state index contributed by atoms with van der Waals surface area (Å²) in [6.45, 7) is 4.25. The topological polar surface area (TPSA) is 21.3 Å². The van der Waals surface area contributed by atoms with Gasteiger partial charge < -0.3 is 10.1 Å². The maximum Gasteiger partial charge on any atom is 0.0558 e. The van der Waals surface area contributed by atoms with Crippen molar-refractivity contribution >= 4 is 0 Å². The number of likely N-dealkylation sites (N-methyl/N-ethyl adjacent to an activating group) is 1. The van der Waals surface area contributed by atoms with Gasteiger partial charge in [-0.3, -0.25) is 0 Å². The van der Waals surface area contributed by atoms with Crippen molar-refractivity contribution in [3.63, 3.8) is 0 Å². The third-order valence-corrected chi connectivity index (χ3v) is 2.99. The van der Waals surface area contributed by atoms with Gasteiger partial charge in [0.25, 0.3) is 0 Å². The highest BCUT2D eigenvalue weighted by molar-refractivity contribution is 5.22. The van der Waals surface area contributed by atoms with Crippen molar-refractivity contribution in [2.45, 2.75) is 38.8 Å². The minimum Gasteiger partial charge on any atom is -0.382 e. The number of hydrogen-bond acceptors (Lipinski definition) is 2. The molecule has 1 aromatic carbocycles. The summed E-state index contributed by atoms with van der Waals surface area (Å²) in [6, 6.07) is 9.18. The second-order valence-electron chi connectivity index (χ2n) is 4.46. The van der Waals surface area contributed by atoms with Crippen LogP contribution in [-0.4, -0.2) is 26.3 Å². The summed E-state index contributed by atoms with van der Waals surface area (Å²) in [6.07, 6.45) is 2.41. The van der Waals surface area contributed by atoms with Crippen LogP contribution in [0.1, 0.15) is 24.5 Å². The molecule has 0 fully saturated rings. The normalized spacial score (nSPS) is 14.8. The molecule has 0 aliphatic carbocycles. The van der Waals surface area contributed by atoms with Crippen molar-refractivity contribution < 1.29 is 4.74 Å². The highest BCUT2D eigenvalue weighted by atomic mass is 16.5. The lowest BCUT2D eigenvalue weighted by Gasteiger charge is -2.20. The first kappa shape index (κ1) is 13.2. The third-order valence-electron chi connectivity index (χ3n) is 2.99. The van der Waals surface area contributed by atoms with Crippen LogP contribution < -0.4 is 5.32 Å². The zero-order valence-electron chi connectivity index (χ0n) is 10.8. The van der Waals surface area contributed by atoms with Crippen LogP contribution in [0.3, 0.4) is 0 Å². The Morgan fingerprint density at radius 2 is 2.12 bits per heavy atom. The Balaban J connectivity index is 2.56. The fourth-order valence-corrected chi connectivity index (χ4v) is 1.92. The molecule has 0 aromatic heterocycles. The molecule has 0 aliphatic rings. The number of hydrogen-bond donors (Lipinski definition) is 1. The summed E-state index contributed by atoms with van der Waals surface area (Å²) in [5.74, 6) is 0. The Labute approximate surface area is 99.0 Å². The van der Waals surface area contributed by atoms with Gasteiger partial charge in [0.2, 0.25) is 0 Å². The first-order valence-electron chi connectivity index (χ1n) is 5.91. The van der Waals surface area contributed by atoms with Gasteiger partial charge in [-0.2, -0.15) is 0 Å². The number of methoxy groups -OCH3 is 1. The predicted octanol–water partition coefficient (Wildman–Crippen LogP) is 2.55. The summed E-state index contributed by atoms with van der Waals surface area (Å²) >= 11 is 0. The Hall–Kier alpha value is -0.860. The molecule has 2 atom stereocenters. The Kier molecular flexibility index (Phi) is 5.50. The van der Waals surface area contributed by atoms with Crippen LogP contribution in [-0.2, 0) is 11.2 Å². The predicted molar refractivity (Wildman–Crippen MR) is 68.8 cm³/mol. The van der Waals surface area contributed by atoms with E-state index < -0.39 is 0 Å². The Morgan fingerprint density at radius 1 is 1.38 bits per heavy atom. The summed E-state index contributed by atoms with van der Waals surface area (Å²) in [5.41, 5.74) is 2.72. The fourth-order valence-electron chi connectivity index (χ4n) is 1.92. The van der Waals surface area contributed by atoms with E-state index in [0.29, 0.717) is 12.1 Å². The molecule has 0 heterocycles. The van der Waals surface area contributed by atoms with Gasteiger partial charge in [0.1, 0.15) is 0 Å². The molecular weight excluding hydrogens is 198 g/mol. The lowest BCUT2D eigenvalue weighted by Crippen LogP contribution is -2.31. The van der Waals surface area contributed by atoms with E-state index in [9.17, 15) is 0 Å². The quantitative estimate of drug-likeness (QED) is 0.797. The molecule has 0 amide bonds. The molecular formula is C14H23NO. The number of benzene rings is 1. The smallest absolute Gasteiger partial charge is 0.0558 e. The van der Waals surface area contributed by atoms with Crippen LogP contribution in [0.5, 0.6) is 0 Å². The van der Waals surface area contributed by atoms with E-state index in [-0.39, 0.29) is 0 Å². The van der Waals surface area contributed by atoms with Crippen molar-refractivity contribution in [2.75, 3.05) is 14.2 Å². The summed E-state index contributed by atoms with van der Waals surface area (Å²) in [4.78, 5) is 0. The average molecular weight is 221 g/mol. The minimum atomic E-state index is 0.308. The number of nitrogens with one attached hydrogen (secondary N) is 1. The maximum absolute atomic E-state index is 5.30. The molecule has 1 N–H and O–H groups in total. The van der Waals surface area contributed by atoms with Gasteiger partial charge >= 0.3 is 0 Å². The molecule has 2 heteroatoms. The van der Waals surface area contributed by atoms with Crippen molar-refractivity contribution in [3.8, 4) is 0 Å². The van der Waals surface area contributed by atoms with Crippen molar-refractivity contribution in [2.24, 2.45) is 0 Å². The lowest BCUT2D eigenvalue weighted by atomic mass is 10.00. The zero-order chi connectivity index (χ0) is 12.0. The van der Waals surface area contributed by atoms with Gasteiger partial charge in [0, 0.05) is 13.2 Å². The summed E-state index contributed by atoms with van der Waals surface area (Å²) < 4.78 is 5.30. The molecule has 0 radical (unpaired) electrons. The molecule has 0 saturated heterocycles. The van der Waals surface area contributed by atoms with Gasteiger partial charge in [-0.15, -0.1) is 0 Å². The van der Waals surface area contributed by atoms with E-state index in [1.54, 1.807) is 7.11 Å². The van der Waals surface area contributed by atoms with Gasteiger partial charge in [-0.25, -0.2) is 0 Å². The lowest BCUT2D eigenvalue weighted by molar-refractivity contribution is 0.101. The van der Waals surface area contributed by atoms with Gasteiger partial charge in [-0.05, 0) is 39.3 Å². The zero-order valence-corrected chi connectivity index (χ0v) is 10.8. The number of rotatable bonds is 6. The van der Waals surface area contributed by atoms with E-state index in [0.717, 1.165) is 12.8 Å². The largest absolute Gasteiger partial charge is 0.382 e. The minimum absolute atomic E-state index is 0.308. The van der Waals surface area contributed by atoms with Crippen LogP contribution in [0.2, 0.25) is 0 Å². The molecule has 90 valence electrons. The molecule has 0 aliphatic heterocycles. The first-order valence-corrected chi connectivity index (χ1v) is 5.91. The third kappa shape index (κ3) is 4.33. The van der Waals surface area contributed by atoms with E-state index in [1.807, 2.05) is 7.05 Å². The van der Waals surface area contributed by atoms with Crippen LogP contribution in [0.4, 0.5) is 0 Å². The van der Waals surface area contributed by atoms with Crippen molar-refractivity contribution in [1.82, 2.24) is 5.32 Å². The van der Waals surface area contributed by atoms with Crippen LogP contribution in [0.25, 0.3) is 0 Å². The molecule has 1 rings (SSSR count). The molecule has 1 aromatic rings. The fraction of sp³-hybridized carbons (Fsp3) is 0.571. The van der Waals surface area contributed by atoms with E-state index in [2.05, 4.69) is 43.4 Å². The van der Waals surface area contributed by atoms with Crippen LogP contribution >= 0.6 is 0 Å². The molecule has 0 bridgehead atoms. The highest BCUT2D eigenvalue weighted by Crippen LogP contribution is 2.10. The average Bonchev–Trinajstić information content (AvgIpc) is 2.28. The highest BCUT2D eigenvalue weighted by Gasteiger charge is 2.11. The van der Waals surface area contributed by atoms with Crippen molar-refractivity contribution in [3.05, 3.63) is 35.4 Å². The van der Waals surface area contributed by atoms with Gasteiger partial charge in [0.05, 0.1) is 6.10 Å². The number of aryl methyl sites for hydroxylation is 1. The van der Waals surface area contributed by atoms with E-state index in [4.69, 9.17) is 4.74 Å². The molecule has 2 unspecified atom stereocenters. The Morgan fingerprint density at radius 3 is 2.69 bits per heavy atom. The maximum atomic E-state index is 5.30. The molecule has 0 saturated carbocycles. The molecule has 0 spiro atoms. The second kappa shape index (κ2) is 6.66. The monoisotopic (exact) mass is 221 g/mol. The van der Waals surface area contributed by atoms with E-state index in [1.165, 1.54) is 11.1 Å². The Bertz CT molecular complexity index is 311. The van der Waals surface area contributed by atoms with Crippen LogP contribution in [0.15, 0.2) is 24.3 Å². The van der Waals surface area contributed by atoms with Gasteiger partial charge in [0.15, 0.2) is 0 Å². The van der Waals surface area contributed by atoms with Crippen LogP contribution in [0, 0.1) is 6.92 Å².